The second-order valence-corrected chi connectivity index (χ2v) is 4.52. The zero-order valence-electron chi connectivity index (χ0n) is 9.65. The number of hydrogen-bond donors (Lipinski definition) is 1. The van der Waals surface area contributed by atoms with E-state index in [1.54, 1.807) is 0 Å². The molecule has 0 atom stereocenters. The van der Waals surface area contributed by atoms with E-state index in [9.17, 15) is 4.79 Å². The summed E-state index contributed by atoms with van der Waals surface area (Å²) in [6, 6.07) is 8.04. The fraction of sp³-hybridized carbons (Fsp3) is 0.385. The van der Waals surface area contributed by atoms with Crippen molar-refractivity contribution >= 4 is 16.8 Å². The molecule has 4 heteroatoms. The number of fused-ring (bicyclic) bond motifs is 1. The summed E-state index contributed by atoms with van der Waals surface area (Å²) in [6.07, 6.45) is 1.36. The predicted octanol–water partition coefficient (Wildman–Crippen LogP) is 1.73. The highest BCUT2D eigenvalue weighted by molar-refractivity contribution is 5.79. The van der Waals surface area contributed by atoms with Crippen molar-refractivity contribution in [1.82, 2.24) is 14.9 Å². The van der Waals surface area contributed by atoms with Crippen LogP contribution < -0.4 is 0 Å². The molecule has 2 heterocycles. The molecule has 0 bridgehead atoms. The second kappa shape index (κ2) is 4.30. The number of Topliss-reactive ketones (excluding diaryl/α,β-unsaturated/α-hetero) is 1. The van der Waals surface area contributed by atoms with E-state index in [2.05, 4.69) is 14.9 Å². The van der Waals surface area contributed by atoms with Gasteiger partial charge in [0.2, 0.25) is 0 Å². The van der Waals surface area contributed by atoms with Gasteiger partial charge in [-0.1, -0.05) is 12.1 Å². The average molecular weight is 229 g/mol. The van der Waals surface area contributed by atoms with E-state index >= 15 is 0 Å². The van der Waals surface area contributed by atoms with Crippen LogP contribution in [0, 0.1) is 0 Å². The number of aromatic nitrogens is 2. The van der Waals surface area contributed by atoms with Gasteiger partial charge in [0.1, 0.15) is 11.6 Å². The van der Waals surface area contributed by atoms with Crippen molar-refractivity contribution in [3.8, 4) is 0 Å². The zero-order chi connectivity index (χ0) is 11.7. The smallest absolute Gasteiger partial charge is 0.135 e. The minimum Gasteiger partial charge on any atom is -0.341 e. The summed E-state index contributed by atoms with van der Waals surface area (Å²) in [4.78, 5) is 21.3. The summed E-state index contributed by atoms with van der Waals surface area (Å²) < 4.78 is 0. The number of hydrogen-bond acceptors (Lipinski definition) is 3. The highest BCUT2D eigenvalue weighted by atomic mass is 16.1. The molecule has 0 aliphatic carbocycles. The lowest BCUT2D eigenvalue weighted by Crippen LogP contribution is -2.33. The van der Waals surface area contributed by atoms with Crippen molar-refractivity contribution in [3.05, 3.63) is 30.1 Å². The van der Waals surface area contributed by atoms with Crippen LogP contribution in [0.25, 0.3) is 11.0 Å². The van der Waals surface area contributed by atoms with Crippen LogP contribution in [0.2, 0.25) is 0 Å². The highest BCUT2D eigenvalue weighted by Gasteiger charge is 2.17. The molecule has 1 saturated heterocycles. The molecule has 1 N–H and O–H groups in total. The molecule has 17 heavy (non-hydrogen) atoms. The normalized spacial score (nSPS) is 17.8. The Kier molecular flexibility index (Phi) is 2.65. The van der Waals surface area contributed by atoms with Crippen LogP contribution in [0.3, 0.4) is 0 Å². The largest absolute Gasteiger partial charge is 0.341 e. The number of nitrogens with one attached hydrogen (secondary N) is 1. The van der Waals surface area contributed by atoms with Crippen LogP contribution in [-0.2, 0) is 11.3 Å². The predicted molar refractivity (Wildman–Crippen MR) is 65.6 cm³/mol. The minimum atomic E-state index is 0.380. The highest BCUT2D eigenvalue weighted by Crippen LogP contribution is 2.13. The first-order valence-corrected chi connectivity index (χ1v) is 5.99. The quantitative estimate of drug-likeness (QED) is 0.853. The molecule has 0 spiro atoms. The Labute approximate surface area is 99.6 Å². The maximum Gasteiger partial charge on any atom is 0.135 e. The number of carbonyl (C=O) groups is 1. The van der Waals surface area contributed by atoms with E-state index in [1.165, 1.54) is 0 Å². The number of aromatic amines is 1. The lowest BCUT2D eigenvalue weighted by atomic mass is 10.1. The topological polar surface area (TPSA) is 49.0 Å². The summed E-state index contributed by atoms with van der Waals surface area (Å²) in [5.74, 6) is 1.37. The molecule has 2 aromatic rings. The van der Waals surface area contributed by atoms with Crippen molar-refractivity contribution in [3.63, 3.8) is 0 Å². The third-order valence-electron chi connectivity index (χ3n) is 3.23. The van der Waals surface area contributed by atoms with E-state index in [0.29, 0.717) is 18.6 Å². The van der Waals surface area contributed by atoms with Gasteiger partial charge in [-0.25, -0.2) is 4.98 Å². The number of rotatable bonds is 2. The van der Waals surface area contributed by atoms with E-state index < -0.39 is 0 Å². The molecular formula is C13H15N3O. The fourth-order valence-electron chi connectivity index (χ4n) is 2.25. The van der Waals surface area contributed by atoms with Gasteiger partial charge in [-0.3, -0.25) is 9.69 Å². The molecule has 1 aromatic heterocycles. The van der Waals surface area contributed by atoms with Gasteiger partial charge in [-0.05, 0) is 12.1 Å². The van der Waals surface area contributed by atoms with Crippen molar-refractivity contribution in [2.75, 3.05) is 13.1 Å². The molecule has 0 unspecified atom stereocenters. The number of piperidine rings is 1. The Balaban J connectivity index is 1.74. The molecule has 1 aliphatic rings. The standard InChI is InChI=1S/C13H15N3O/c17-10-5-7-16(8-6-10)9-13-14-11-3-1-2-4-12(11)15-13/h1-4H,5-9H2,(H,14,15). The van der Waals surface area contributed by atoms with Gasteiger partial charge in [0.05, 0.1) is 17.6 Å². The maximum absolute atomic E-state index is 11.2. The second-order valence-electron chi connectivity index (χ2n) is 4.52. The Morgan fingerprint density at radius 3 is 2.76 bits per heavy atom. The number of nitrogens with zero attached hydrogens (tertiary/aromatic N) is 2. The van der Waals surface area contributed by atoms with Crippen LogP contribution in [0.15, 0.2) is 24.3 Å². The number of para-hydroxylation sites is 2. The molecule has 88 valence electrons. The molecule has 0 saturated carbocycles. The Morgan fingerprint density at radius 1 is 1.24 bits per heavy atom. The van der Waals surface area contributed by atoms with Gasteiger partial charge in [0.15, 0.2) is 0 Å². The number of H-pyrrole nitrogens is 1. The summed E-state index contributed by atoms with van der Waals surface area (Å²) in [5.41, 5.74) is 2.09. The van der Waals surface area contributed by atoms with Gasteiger partial charge >= 0.3 is 0 Å². The first-order valence-electron chi connectivity index (χ1n) is 5.99. The molecular weight excluding hydrogens is 214 g/mol. The van der Waals surface area contributed by atoms with Crippen LogP contribution in [0.5, 0.6) is 0 Å². The van der Waals surface area contributed by atoms with Crippen LogP contribution in [0.4, 0.5) is 0 Å². The summed E-state index contributed by atoms with van der Waals surface area (Å²) in [7, 11) is 0. The average Bonchev–Trinajstić information content (AvgIpc) is 2.74. The van der Waals surface area contributed by atoms with Gasteiger partial charge in [0.25, 0.3) is 0 Å². The van der Waals surface area contributed by atoms with Gasteiger partial charge in [0, 0.05) is 25.9 Å². The van der Waals surface area contributed by atoms with Crippen molar-refractivity contribution in [2.24, 2.45) is 0 Å². The number of benzene rings is 1. The number of imidazole rings is 1. The Hall–Kier alpha value is -1.68. The molecule has 0 radical (unpaired) electrons. The van der Waals surface area contributed by atoms with Crippen LogP contribution in [0.1, 0.15) is 18.7 Å². The van der Waals surface area contributed by atoms with Crippen molar-refractivity contribution in [2.45, 2.75) is 19.4 Å². The van der Waals surface area contributed by atoms with E-state index in [4.69, 9.17) is 0 Å². The monoisotopic (exact) mass is 229 g/mol. The molecule has 1 fully saturated rings. The van der Waals surface area contributed by atoms with Crippen LogP contribution in [-0.4, -0.2) is 33.7 Å². The third-order valence-corrected chi connectivity index (χ3v) is 3.23. The summed E-state index contributed by atoms with van der Waals surface area (Å²) in [5, 5.41) is 0. The van der Waals surface area contributed by atoms with Gasteiger partial charge in [-0.15, -0.1) is 0 Å². The third kappa shape index (κ3) is 2.22. The first kappa shape index (κ1) is 10.5. The minimum absolute atomic E-state index is 0.380. The molecule has 3 rings (SSSR count). The molecule has 0 amide bonds. The van der Waals surface area contributed by atoms with E-state index in [1.807, 2.05) is 24.3 Å². The van der Waals surface area contributed by atoms with E-state index in [0.717, 1.165) is 36.5 Å². The van der Waals surface area contributed by atoms with Crippen LogP contribution >= 0.6 is 0 Å². The van der Waals surface area contributed by atoms with E-state index in [-0.39, 0.29) is 0 Å². The SMILES string of the molecule is O=C1CCN(Cc2nc3ccccc3[nH]2)CC1. The molecule has 1 aromatic carbocycles. The number of ketones is 1. The van der Waals surface area contributed by atoms with Gasteiger partial charge < -0.3 is 4.98 Å². The Morgan fingerprint density at radius 2 is 2.00 bits per heavy atom. The fourth-order valence-corrected chi connectivity index (χ4v) is 2.25. The Bertz CT molecular complexity index is 503. The molecule has 1 aliphatic heterocycles. The van der Waals surface area contributed by atoms with Crippen molar-refractivity contribution in [1.29, 1.82) is 0 Å². The lowest BCUT2D eigenvalue weighted by molar-refractivity contribution is -0.121. The zero-order valence-corrected chi connectivity index (χ0v) is 9.65. The first-order chi connectivity index (χ1) is 8.31. The maximum atomic E-state index is 11.2. The molecule has 4 nitrogen and oxygen atoms in total. The van der Waals surface area contributed by atoms with Gasteiger partial charge in [-0.2, -0.15) is 0 Å². The lowest BCUT2D eigenvalue weighted by Gasteiger charge is -2.24. The summed E-state index contributed by atoms with van der Waals surface area (Å²) in [6.45, 7) is 2.52. The number of likely N-dealkylation sites (tertiary alicyclic amines) is 1. The summed E-state index contributed by atoms with van der Waals surface area (Å²) >= 11 is 0. The van der Waals surface area contributed by atoms with Crippen molar-refractivity contribution < 1.29 is 4.79 Å². The number of carbonyl (C=O) groups excluding carboxylic acids is 1.